The summed E-state index contributed by atoms with van der Waals surface area (Å²) in [5.41, 5.74) is 2.16. The van der Waals surface area contributed by atoms with Crippen LogP contribution in [0.3, 0.4) is 0 Å². The molecule has 3 aromatic carbocycles. The standard InChI is InChI=1S/C25H19ClN4O4S2/c1-15(23(31)29-25-28-22(14-35-25)16-5-3-9-20(12-16)30(33)34)36-21-10-4-8-19(13-21)27-24(32)17-6-2-7-18(26)11-17/h2-15H,1H3,(H,27,32)(H,28,29,31). The van der Waals surface area contributed by atoms with Crippen LogP contribution < -0.4 is 10.6 Å². The summed E-state index contributed by atoms with van der Waals surface area (Å²) in [6, 6.07) is 20.1. The van der Waals surface area contributed by atoms with E-state index >= 15 is 0 Å². The number of carbonyl (C=O) groups is 2. The molecule has 182 valence electrons. The topological polar surface area (TPSA) is 114 Å². The van der Waals surface area contributed by atoms with Gasteiger partial charge in [-0.15, -0.1) is 23.1 Å². The molecule has 4 rings (SSSR count). The number of halogens is 1. The zero-order valence-corrected chi connectivity index (χ0v) is 21.2. The highest BCUT2D eigenvalue weighted by atomic mass is 35.5. The lowest BCUT2D eigenvalue weighted by Gasteiger charge is -2.12. The van der Waals surface area contributed by atoms with E-state index in [2.05, 4.69) is 15.6 Å². The fourth-order valence-electron chi connectivity index (χ4n) is 3.19. The average Bonchev–Trinajstić information content (AvgIpc) is 3.33. The summed E-state index contributed by atoms with van der Waals surface area (Å²) >= 11 is 8.54. The largest absolute Gasteiger partial charge is 0.322 e. The van der Waals surface area contributed by atoms with Crippen LogP contribution in [0.1, 0.15) is 17.3 Å². The van der Waals surface area contributed by atoms with Crippen LogP contribution in [0.25, 0.3) is 11.3 Å². The number of rotatable bonds is 8. The van der Waals surface area contributed by atoms with Crippen LogP contribution in [0.4, 0.5) is 16.5 Å². The molecule has 0 fully saturated rings. The number of thiazole rings is 1. The molecule has 0 aliphatic rings. The first-order valence-electron chi connectivity index (χ1n) is 10.6. The number of carbonyl (C=O) groups excluding carboxylic acids is 2. The van der Waals surface area contributed by atoms with Crippen molar-refractivity contribution in [1.82, 2.24) is 4.98 Å². The number of amides is 2. The molecule has 36 heavy (non-hydrogen) atoms. The monoisotopic (exact) mass is 538 g/mol. The van der Waals surface area contributed by atoms with Gasteiger partial charge in [-0.1, -0.05) is 35.9 Å². The van der Waals surface area contributed by atoms with Gasteiger partial charge in [0.05, 0.1) is 15.9 Å². The smallest absolute Gasteiger partial charge is 0.270 e. The van der Waals surface area contributed by atoms with Gasteiger partial charge in [0.1, 0.15) is 0 Å². The molecule has 2 amide bonds. The second-order valence-electron chi connectivity index (χ2n) is 7.59. The first kappa shape index (κ1) is 25.4. The highest BCUT2D eigenvalue weighted by molar-refractivity contribution is 8.00. The van der Waals surface area contributed by atoms with Crippen LogP contribution in [0, 0.1) is 10.1 Å². The van der Waals surface area contributed by atoms with Gasteiger partial charge in [-0.2, -0.15) is 0 Å². The van der Waals surface area contributed by atoms with Crippen molar-refractivity contribution in [3.8, 4) is 11.3 Å². The minimum atomic E-state index is -0.463. The number of nitrogens with zero attached hydrogens (tertiary/aromatic N) is 2. The second kappa shape index (κ2) is 11.3. The average molecular weight is 539 g/mol. The number of benzene rings is 3. The van der Waals surface area contributed by atoms with Gasteiger partial charge < -0.3 is 10.6 Å². The summed E-state index contributed by atoms with van der Waals surface area (Å²) in [5.74, 6) is -0.526. The van der Waals surface area contributed by atoms with E-state index in [1.54, 1.807) is 66.9 Å². The van der Waals surface area contributed by atoms with Crippen LogP contribution >= 0.6 is 34.7 Å². The second-order valence-corrected chi connectivity index (χ2v) is 10.3. The van der Waals surface area contributed by atoms with E-state index in [4.69, 9.17) is 11.6 Å². The quantitative estimate of drug-likeness (QED) is 0.146. The fourth-order valence-corrected chi connectivity index (χ4v) is 5.03. The Bertz CT molecular complexity index is 1440. The molecule has 0 saturated heterocycles. The van der Waals surface area contributed by atoms with Gasteiger partial charge in [0.15, 0.2) is 5.13 Å². The molecule has 0 radical (unpaired) electrons. The molecule has 11 heteroatoms. The van der Waals surface area contributed by atoms with Crippen LogP contribution in [0.5, 0.6) is 0 Å². The Morgan fingerprint density at radius 2 is 1.83 bits per heavy atom. The molecule has 1 heterocycles. The van der Waals surface area contributed by atoms with E-state index in [1.165, 1.54) is 35.2 Å². The molecule has 2 N–H and O–H groups in total. The zero-order chi connectivity index (χ0) is 25.7. The number of nitro benzene ring substituents is 1. The van der Waals surface area contributed by atoms with E-state index in [1.807, 2.05) is 6.07 Å². The van der Waals surface area contributed by atoms with Crippen molar-refractivity contribution in [2.24, 2.45) is 0 Å². The molecule has 0 spiro atoms. The molecule has 0 saturated carbocycles. The molecule has 0 aliphatic heterocycles. The first-order valence-corrected chi connectivity index (χ1v) is 12.8. The van der Waals surface area contributed by atoms with Gasteiger partial charge in [-0.3, -0.25) is 19.7 Å². The Kier molecular flexibility index (Phi) is 7.99. The van der Waals surface area contributed by atoms with Gasteiger partial charge in [0.2, 0.25) is 5.91 Å². The number of hydrogen-bond acceptors (Lipinski definition) is 7. The minimum absolute atomic E-state index is 0.0258. The molecule has 1 aromatic heterocycles. The van der Waals surface area contributed by atoms with Crippen molar-refractivity contribution < 1.29 is 14.5 Å². The summed E-state index contributed by atoms with van der Waals surface area (Å²) in [7, 11) is 0. The molecule has 0 bridgehead atoms. The lowest BCUT2D eigenvalue weighted by molar-refractivity contribution is -0.384. The molecule has 8 nitrogen and oxygen atoms in total. The van der Waals surface area contributed by atoms with Crippen LogP contribution in [0.2, 0.25) is 5.02 Å². The lowest BCUT2D eigenvalue weighted by Crippen LogP contribution is -2.22. The molecule has 1 atom stereocenters. The number of nitrogens with one attached hydrogen (secondary N) is 2. The van der Waals surface area contributed by atoms with Crippen LogP contribution in [0.15, 0.2) is 83.1 Å². The Hall–Kier alpha value is -3.73. The highest BCUT2D eigenvalue weighted by Crippen LogP contribution is 2.30. The van der Waals surface area contributed by atoms with Crippen LogP contribution in [-0.2, 0) is 4.79 Å². The molecule has 0 aliphatic carbocycles. The van der Waals surface area contributed by atoms with Gasteiger partial charge in [0.25, 0.3) is 11.6 Å². The summed E-state index contributed by atoms with van der Waals surface area (Å²) in [4.78, 5) is 41.0. The van der Waals surface area contributed by atoms with Crippen molar-refractivity contribution in [2.75, 3.05) is 10.6 Å². The summed E-state index contributed by atoms with van der Waals surface area (Å²) in [6.07, 6.45) is 0. The molecular weight excluding hydrogens is 520 g/mol. The Labute approximate surface area is 219 Å². The van der Waals surface area contributed by atoms with E-state index < -0.39 is 10.2 Å². The third-order valence-electron chi connectivity index (χ3n) is 4.95. The SMILES string of the molecule is CC(Sc1cccc(NC(=O)c2cccc(Cl)c2)c1)C(=O)Nc1nc(-c2cccc([N+](=O)[O-])c2)cs1. The van der Waals surface area contributed by atoms with Crippen molar-refractivity contribution >= 4 is 63.0 Å². The zero-order valence-electron chi connectivity index (χ0n) is 18.8. The van der Waals surface area contributed by atoms with Crippen molar-refractivity contribution in [3.05, 3.63) is 98.9 Å². The normalized spacial score (nSPS) is 11.5. The minimum Gasteiger partial charge on any atom is -0.322 e. The van der Waals surface area contributed by atoms with Crippen molar-refractivity contribution in [3.63, 3.8) is 0 Å². The van der Waals surface area contributed by atoms with E-state index in [-0.39, 0.29) is 17.5 Å². The van der Waals surface area contributed by atoms with Crippen molar-refractivity contribution in [1.29, 1.82) is 0 Å². The molecule has 1 unspecified atom stereocenters. The maximum Gasteiger partial charge on any atom is 0.270 e. The van der Waals surface area contributed by atoms with Gasteiger partial charge in [-0.05, 0) is 43.3 Å². The molecular formula is C25H19ClN4O4S2. The van der Waals surface area contributed by atoms with Gasteiger partial charge in [-0.25, -0.2) is 4.98 Å². The predicted octanol–water partition coefficient (Wildman–Crippen LogP) is 6.74. The number of aromatic nitrogens is 1. The summed E-state index contributed by atoms with van der Waals surface area (Å²) in [6.45, 7) is 1.77. The first-order chi connectivity index (χ1) is 17.3. The summed E-state index contributed by atoms with van der Waals surface area (Å²) in [5, 5.41) is 18.8. The van der Waals surface area contributed by atoms with Gasteiger partial charge in [0, 0.05) is 44.2 Å². The fraction of sp³-hybridized carbons (Fsp3) is 0.0800. The predicted molar refractivity (Wildman–Crippen MR) is 144 cm³/mol. The number of nitro groups is 1. The van der Waals surface area contributed by atoms with E-state index in [0.717, 1.165) is 4.90 Å². The number of anilines is 2. The maximum absolute atomic E-state index is 12.7. The number of non-ortho nitro benzene ring substituents is 1. The highest BCUT2D eigenvalue weighted by Gasteiger charge is 2.17. The summed E-state index contributed by atoms with van der Waals surface area (Å²) < 4.78 is 0. The molecule has 4 aromatic rings. The van der Waals surface area contributed by atoms with Crippen molar-refractivity contribution in [2.45, 2.75) is 17.1 Å². The maximum atomic E-state index is 12.7. The third kappa shape index (κ3) is 6.48. The van der Waals surface area contributed by atoms with E-state index in [9.17, 15) is 19.7 Å². The van der Waals surface area contributed by atoms with Gasteiger partial charge >= 0.3 is 0 Å². The van der Waals surface area contributed by atoms with E-state index in [0.29, 0.717) is 32.7 Å². The number of thioether (sulfide) groups is 1. The Balaban J connectivity index is 1.37. The Morgan fingerprint density at radius 3 is 2.61 bits per heavy atom. The third-order valence-corrected chi connectivity index (χ3v) is 7.03. The lowest BCUT2D eigenvalue weighted by atomic mass is 10.1. The number of hydrogen-bond donors (Lipinski definition) is 2. The van der Waals surface area contributed by atoms with Crippen LogP contribution in [-0.4, -0.2) is 27.0 Å². The Morgan fingerprint density at radius 1 is 1.06 bits per heavy atom.